The lowest BCUT2D eigenvalue weighted by molar-refractivity contribution is -0.104. The number of hydrogen-bond acceptors (Lipinski definition) is 7. The summed E-state index contributed by atoms with van der Waals surface area (Å²) in [6, 6.07) is 10.8. The number of piperidine rings is 1. The Morgan fingerprint density at radius 2 is 1.82 bits per heavy atom. The van der Waals surface area contributed by atoms with Crippen LogP contribution in [0.5, 0.6) is 11.5 Å². The summed E-state index contributed by atoms with van der Waals surface area (Å²) in [5.41, 5.74) is 8.91. The van der Waals surface area contributed by atoms with E-state index >= 15 is 0 Å². The van der Waals surface area contributed by atoms with Crippen LogP contribution in [-0.2, 0) is 4.79 Å². The number of allylic oxidation sites excluding steroid dienone is 1. The van der Waals surface area contributed by atoms with Crippen LogP contribution in [0.2, 0.25) is 0 Å². The molecule has 1 fully saturated rings. The standard InChI is InChI=1S/C20H25N3O2.C6H11NO/c1-20(7-9-23(2)10-8-20)25-19-12-15(11-18(22)17(19)13-21)14-3-5-16(24)6-4-14;1-7(2)5-3-4-6-8/h3-6,11-13,21,24H,7-10,22H2,1-2H3;3-4,6H,5H2,1-2H3/b;4-3+. The number of likely N-dealkylation sites (N-methyl/N-ethyl adjacent to an activating group) is 1. The monoisotopic (exact) mass is 452 g/mol. The third-order valence-electron chi connectivity index (χ3n) is 5.61. The molecule has 178 valence electrons. The van der Waals surface area contributed by atoms with Gasteiger partial charge in [0.2, 0.25) is 0 Å². The van der Waals surface area contributed by atoms with Crippen molar-refractivity contribution in [3.05, 3.63) is 54.1 Å². The molecule has 7 heteroatoms. The molecule has 3 rings (SSSR count). The van der Waals surface area contributed by atoms with Gasteiger partial charge in [-0.1, -0.05) is 18.2 Å². The number of nitrogens with two attached hydrogens (primary N) is 1. The molecule has 0 atom stereocenters. The molecule has 1 aliphatic heterocycles. The van der Waals surface area contributed by atoms with Crippen molar-refractivity contribution in [2.24, 2.45) is 0 Å². The highest BCUT2D eigenvalue weighted by atomic mass is 16.5. The van der Waals surface area contributed by atoms with E-state index in [4.69, 9.17) is 15.9 Å². The summed E-state index contributed by atoms with van der Waals surface area (Å²) in [5, 5.41) is 17.2. The summed E-state index contributed by atoms with van der Waals surface area (Å²) in [4.78, 5) is 14.0. The van der Waals surface area contributed by atoms with Gasteiger partial charge in [0.25, 0.3) is 0 Å². The van der Waals surface area contributed by atoms with Crippen molar-refractivity contribution in [1.29, 1.82) is 5.41 Å². The molecule has 1 heterocycles. The van der Waals surface area contributed by atoms with Gasteiger partial charge in [0.15, 0.2) is 0 Å². The number of phenolic OH excluding ortho intramolecular Hbond substituents is 1. The number of nitrogen functional groups attached to an aromatic ring is 1. The first-order chi connectivity index (χ1) is 15.7. The van der Waals surface area contributed by atoms with Crippen molar-refractivity contribution in [2.45, 2.75) is 25.4 Å². The fourth-order valence-corrected chi connectivity index (χ4v) is 3.49. The largest absolute Gasteiger partial charge is 0.508 e. The van der Waals surface area contributed by atoms with Crippen LogP contribution < -0.4 is 10.5 Å². The first-order valence-electron chi connectivity index (χ1n) is 11.0. The molecule has 0 amide bonds. The van der Waals surface area contributed by atoms with Crippen LogP contribution in [0, 0.1) is 5.41 Å². The normalized spacial score (nSPS) is 15.7. The zero-order valence-corrected chi connectivity index (χ0v) is 20.0. The van der Waals surface area contributed by atoms with Crippen molar-refractivity contribution in [1.82, 2.24) is 9.80 Å². The topological polar surface area (TPSA) is 103 Å². The van der Waals surface area contributed by atoms with Crippen molar-refractivity contribution in [3.63, 3.8) is 0 Å². The Morgan fingerprint density at radius 1 is 1.18 bits per heavy atom. The second-order valence-electron chi connectivity index (χ2n) is 8.85. The van der Waals surface area contributed by atoms with Gasteiger partial charge in [-0.05, 0) is 82.4 Å². The van der Waals surface area contributed by atoms with Crippen LogP contribution in [0.1, 0.15) is 25.3 Å². The van der Waals surface area contributed by atoms with E-state index in [2.05, 4.69) is 18.9 Å². The summed E-state index contributed by atoms with van der Waals surface area (Å²) in [6.07, 6.45) is 7.22. The molecule has 0 aliphatic carbocycles. The van der Waals surface area contributed by atoms with Gasteiger partial charge in [-0.15, -0.1) is 0 Å². The molecular formula is C26H36N4O3. The number of ether oxygens (including phenoxy) is 1. The summed E-state index contributed by atoms with van der Waals surface area (Å²) in [5.74, 6) is 0.869. The number of carbonyl (C=O) groups excluding carboxylic acids is 1. The van der Waals surface area contributed by atoms with Crippen LogP contribution >= 0.6 is 0 Å². The summed E-state index contributed by atoms with van der Waals surface area (Å²) >= 11 is 0. The minimum Gasteiger partial charge on any atom is -0.508 e. The van der Waals surface area contributed by atoms with E-state index in [1.54, 1.807) is 12.1 Å². The average molecular weight is 453 g/mol. The molecule has 7 nitrogen and oxygen atoms in total. The Morgan fingerprint density at radius 3 is 2.36 bits per heavy atom. The van der Waals surface area contributed by atoms with E-state index < -0.39 is 0 Å². The first-order valence-corrected chi connectivity index (χ1v) is 11.0. The number of likely N-dealkylation sites (tertiary alicyclic amines) is 1. The Balaban J connectivity index is 0.000000414. The number of benzene rings is 2. The van der Waals surface area contributed by atoms with Crippen LogP contribution in [0.15, 0.2) is 48.6 Å². The molecule has 0 aromatic heterocycles. The van der Waals surface area contributed by atoms with Crippen LogP contribution in [0.25, 0.3) is 11.1 Å². The molecule has 1 saturated heterocycles. The highest BCUT2D eigenvalue weighted by Crippen LogP contribution is 2.36. The highest BCUT2D eigenvalue weighted by molar-refractivity contribution is 5.91. The summed E-state index contributed by atoms with van der Waals surface area (Å²) in [6.45, 7) is 4.93. The third-order valence-corrected chi connectivity index (χ3v) is 5.61. The number of aromatic hydroxyl groups is 1. The van der Waals surface area contributed by atoms with Crippen LogP contribution in [-0.4, -0.2) is 73.8 Å². The molecular weight excluding hydrogens is 416 g/mol. The smallest absolute Gasteiger partial charge is 0.142 e. The zero-order valence-electron chi connectivity index (χ0n) is 20.0. The number of anilines is 1. The Bertz CT molecular complexity index is 947. The van der Waals surface area contributed by atoms with Gasteiger partial charge in [0.05, 0.1) is 5.56 Å². The maximum absolute atomic E-state index is 9.68. The highest BCUT2D eigenvalue weighted by Gasteiger charge is 2.31. The van der Waals surface area contributed by atoms with Crippen molar-refractivity contribution in [3.8, 4) is 22.6 Å². The molecule has 4 N–H and O–H groups in total. The molecule has 0 bridgehead atoms. The molecule has 0 unspecified atom stereocenters. The quantitative estimate of drug-likeness (QED) is 0.256. The molecule has 1 aliphatic rings. The number of rotatable bonds is 7. The van der Waals surface area contributed by atoms with Gasteiger partial charge in [0, 0.05) is 31.5 Å². The van der Waals surface area contributed by atoms with Crippen molar-refractivity contribution in [2.75, 3.05) is 46.5 Å². The molecule has 2 aromatic rings. The van der Waals surface area contributed by atoms with Crippen molar-refractivity contribution >= 4 is 18.2 Å². The molecule has 2 aromatic carbocycles. The fraction of sp³-hybridized carbons (Fsp3) is 0.385. The number of aldehydes is 1. The predicted octanol–water partition coefficient (Wildman–Crippen LogP) is 3.81. The molecule has 0 spiro atoms. The number of nitrogens with zero attached hydrogens (tertiary/aromatic N) is 2. The van der Waals surface area contributed by atoms with Gasteiger partial charge in [-0.25, -0.2) is 0 Å². The second-order valence-corrected chi connectivity index (χ2v) is 8.85. The van der Waals surface area contributed by atoms with Gasteiger partial charge < -0.3 is 30.8 Å². The lowest BCUT2D eigenvalue weighted by atomic mass is 9.93. The maximum Gasteiger partial charge on any atom is 0.142 e. The fourth-order valence-electron chi connectivity index (χ4n) is 3.49. The minimum absolute atomic E-state index is 0.225. The van der Waals surface area contributed by atoms with Crippen LogP contribution in [0.3, 0.4) is 0 Å². The number of nitrogens with one attached hydrogen (secondary N) is 1. The summed E-state index contributed by atoms with van der Waals surface area (Å²) < 4.78 is 6.37. The van der Waals surface area contributed by atoms with Gasteiger partial charge in [-0.3, -0.25) is 4.79 Å². The molecule has 33 heavy (non-hydrogen) atoms. The second kappa shape index (κ2) is 12.2. The number of carbonyl (C=O) groups is 1. The van der Waals surface area contributed by atoms with E-state index in [-0.39, 0.29) is 11.4 Å². The van der Waals surface area contributed by atoms with E-state index in [0.29, 0.717) is 17.0 Å². The molecule has 0 radical (unpaired) electrons. The lowest BCUT2D eigenvalue weighted by Gasteiger charge is -2.38. The van der Waals surface area contributed by atoms with E-state index in [1.807, 2.05) is 49.3 Å². The first kappa shape index (κ1) is 26.1. The maximum atomic E-state index is 9.68. The average Bonchev–Trinajstić information content (AvgIpc) is 2.77. The number of hydrogen-bond donors (Lipinski definition) is 3. The molecule has 0 saturated carbocycles. The van der Waals surface area contributed by atoms with E-state index in [0.717, 1.165) is 49.9 Å². The SMILES string of the molecule is CN(C)C/C=C/C=O.CN1CCC(C)(Oc2cc(-c3ccc(O)cc3)cc(N)c2C=N)CC1. The van der Waals surface area contributed by atoms with Gasteiger partial charge in [-0.2, -0.15) is 0 Å². The van der Waals surface area contributed by atoms with Crippen LogP contribution in [0.4, 0.5) is 5.69 Å². The Labute approximate surface area is 197 Å². The zero-order chi connectivity index (χ0) is 24.4. The van der Waals surface area contributed by atoms with E-state index in [9.17, 15) is 9.90 Å². The van der Waals surface area contributed by atoms with Gasteiger partial charge in [0.1, 0.15) is 23.4 Å². The predicted molar refractivity (Wildman–Crippen MR) is 135 cm³/mol. The number of phenols is 1. The third kappa shape index (κ3) is 8.04. The lowest BCUT2D eigenvalue weighted by Crippen LogP contribution is -2.44. The summed E-state index contributed by atoms with van der Waals surface area (Å²) in [7, 11) is 6.02. The minimum atomic E-state index is -0.260. The van der Waals surface area contributed by atoms with Crippen molar-refractivity contribution < 1.29 is 14.6 Å². The Kier molecular flexibility index (Phi) is 9.63. The van der Waals surface area contributed by atoms with Gasteiger partial charge >= 0.3 is 0 Å². The Hall–Kier alpha value is -3.16. The van der Waals surface area contributed by atoms with E-state index in [1.165, 1.54) is 12.3 Å².